The largest absolute Gasteiger partial charge is 0.488 e. The lowest BCUT2D eigenvalue weighted by atomic mass is 10.1. The maximum Gasteiger partial charge on any atom is 0.330 e. The second-order valence-corrected chi connectivity index (χ2v) is 14.1. The lowest BCUT2D eigenvalue weighted by Gasteiger charge is -2.26. The summed E-state index contributed by atoms with van der Waals surface area (Å²) in [4.78, 5) is 33.1. The molecule has 8 N–H and O–H groups in total. The highest BCUT2D eigenvalue weighted by Gasteiger charge is 2.10. The first-order valence-electron chi connectivity index (χ1n) is 22.4. The fraction of sp³-hybridized carbons (Fsp3) is 0.510. The molecule has 0 aliphatic heterocycles. The SMILES string of the molecule is C=CC.C=CC(=O)OCCOc1cc(N)c(OCCOC=O)cc1N.CC.CCCCCCCCCN(CCCCCCCC)c1ccc(N)c(C)c1.Nc1ccc([N+](=O)[O-])cc1. The summed E-state index contributed by atoms with van der Waals surface area (Å²) < 4.78 is 19.9. The van der Waals surface area contributed by atoms with Crippen molar-refractivity contribution in [2.45, 2.75) is 125 Å². The summed E-state index contributed by atoms with van der Waals surface area (Å²) in [6.07, 6.45) is 20.6. The van der Waals surface area contributed by atoms with Gasteiger partial charge in [0.05, 0.1) is 16.3 Å². The highest BCUT2D eigenvalue weighted by atomic mass is 16.6. The summed E-state index contributed by atoms with van der Waals surface area (Å²) in [6.45, 7) is 22.4. The van der Waals surface area contributed by atoms with Crippen LogP contribution in [0.1, 0.15) is 124 Å². The number of nitrogens with zero attached hydrogens (tertiary/aromatic N) is 2. The van der Waals surface area contributed by atoms with Crippen molar-refractivity contribution in [1.29, 1.82) is 0 Å². The number of unbranched alkanes of at least 4 members (excludes halogenated alkanes) is 11. The number of hydrogen-bond donors (Lipinski definition) is 4. The molecule has 14 heteroatoms. The van der Waals surface area contributed by atoms with Crippen LogP contribution in [0.5, 0.6) is 11.5 Å². The van der Waals surface area contributed by atoms with Gasteiger partial charge in [0.1, 0.15) is 37.9 Å². The van der Waals surface area contributed by atoms with E-state index in [4.69, 9.17) is 37.1 Å². The Morgan fingerprint density at radius 1 is 0.698 bits per heavy atom. The van der Waals surface area contributed by atoms with E-state index in [0.717, 1.165) is 11.8 Å². The zero-order valence-electron chi connectivity index (χ0n) is 39.2. The van der Waals surface area contributed by atoms with Crippen LogP contribution in [-0.4, -0.2) is 56.9 Å². The number of carbonyl (C=O) groups is 2. The van der Waals surface area contributed by atoms with Crippen LogP contribution in [0.15, 0.2) is 79.9 Å². The number of hydrogen-bond acceptors (Lipinski definition) is 13. The van der Waals surface area contributed by atoms with Gasteiger partial charge in [-0.3, -0.25) is 14.9 Å². The van der Waals surface area contributed by atoms with Crippen LogP contribution < -0.4 is 37.3 Å². The molecule has 0 aliphatic rings. The van der Waals surface area contributed by atoms with Crippen LogP contribution in [0.3, 0.4) is 0 Å². The molecule has 63 heavy (non-hydrogen) atoms. The van der Waals surface area contributed by atoms with E-state index >= 15 is 0 Å². The monoisotopic (exact) mass is 881 g/mol. The van der Waals surface area contributed by atoms with E-state index in [-0.39, 0.29) is 32.1 Å². The van der Waals surface area contributed by atoms with Crippen LogP contribution in [0.25, 0.3) is 0 Å². The first-order chi connectivity index (χ1) is 30.4. The molecule has 0 aliphatic carbocycles. The minimum Gasteiger partial charge on any atom is -0.488 e. The predicted molar refractivity (Wildman–Crippen MR) is 263 cm³/mol. The van der Waals surface area contributed by atoms with E-state index < -0.39 is 10.9 Å². The molecule has 3 aromatic rings. The van der Waals surface area contributed by atoms with Crippen molar-refractivity contribution >= 4 is 46.6 Å². The topological polar surface area (TPSA) is 222 Å². The molecule has 0 aromatic heterocycles. The Kier molecular flexibility index (Phi) is 37.7. The van der Waals surface area contributed by atoms with Crippen molar-refractivity contribution in [3.05, 3.63) is 95.6 Å². The molecule has 0 saturated heterocycles. The Morgan fingerprint density at radius 2 is 1.16 bits per heavy atom. The van der Waals surface area contributed by atoms with Gasteiger partial charge < -0.3 is 46.8 Å². The van der Waals surface area contributed by atoms with E-state index in [2.05, 4.69) is 61.8 Å². The smallest absolute Gasteiger partial charge is 0.330 e. The second-order valence-electron chi connectivity index (χ2n) is 14.1. The number of nitrogen functional groups attached to an aromatic ring is 4. The summed E-state index contributed by atoms with van der Waals surface area (Å²) >= 11 is 0. The zero-order valence-corrected chi connectivity index (χ0v) is 39.2. The molecule has 0 saturated carbocycles. The number of allylic oxidation sites excluding steroid dienone is 1. The van der Waals surface area contributed by atoms with Crippen LogP contribution in [0.2, 0.25) is 0 Å². The average Bonchev–Trinajstić information content (AvgIpc) is 3.27. The molecule has 0 atom stereocenters. The van der Waals surface area contributed by atoms with Gasteiger partial charge in [-0.2, -0.15) is 0 Å². The van der Waals surface area contributed by atoms with Gasteiger partial charge in [-0.25, -0.2) is 4.79 Å². The molecular formula is C49H80N6O8. The summed E-state index contributed by atoms with van der Waals surface area (Å²) in [5.41, 5.74) is 27.6. The molecule has 3 rings (SSSR count). The number of non-ortho nitro benzene ring substituents is 1. The van der Waals surface area contributed by atoms with E-state index in [9.17, 15) is 19.7 Å². The predicted octanol–water partition coefficient (Wildman–Crippen LogP) is 11.4. The second kappa shape index (κ2) is 40.2. The Hall–Kier alpha value is -5.92. The normalized spacial score (nSPS) is 9.68. The minimum atomic E-state index is -0.530. The number of ether oxygens (including phenoxy) is 4. The van der Waals surface area contributed by atoms with Crippen LogP contribution >= 0.6 is 0 Å². The Morgan fingerprint density at radius 3 is 1.59 bits per heavy atom. The molecule has 0 radical (unpaired) electrons. The van der Waals surface area contributed by atoms with Gasteiger partial charge in [0.2, 0.25) is 0 Å². The summed E-state index contributed by atoms with van der Waals surface area (Å²) in [7, 11) is 0. The summed E-state index contributed by atoms with van der Waals surface area (Å²) in [6, 6.07) is 15.3. The third kappa shape index (κ3) is 30.7. The van der Waals surface area contributed by atoms with Crippen LogP contribution in [0.4, 0.5) is 34.1 Å². The molecule has 0 amide bonds. The highest BCUT2D eigenvalue weighted by Crippen LogP contribution is 2.33. The summed E-state index contributed by atoms with van der Waals surface area (Å²) in [5.74, 6) is 0.179. The quantitative estimate of drug-likeness (QED) is 0.00819. The maximum absolute atomic E-state index is 10.8. The summed E-state index contributed by atoms with van der Waals surface area (Å²) in [5, 5.41) is 10.1. The number of nitro benzene ring substituents is 1. The number of aryl methyl sites for hydroxylation is 1. The van der Waals surface area contributed by atoms with Gasteiger partial charge in [0, 0.05) is 60.5 Å². The van der Waals surface area contributed by atoms with Gasteiger partial charge in [0.15, 0.2) is 0 Å². The van der Waals surface area contributed by atoms with Crippen LogP contribution in [0, 0.1) is 17.0 Å². The number of rotatable bonds is 27. The number of nitrogens with two attached hydrogens (primary N) is 4. The van der Waals surface area contributed by atoms with Crippen molar-refractivity contribution in [3.8, 4) is 11.5 Å². The number of carbonyl (C=O) groups excluding carboxylic acids is 2. The fourth-order valence-electron chi connectivity index (χ4n) is 5.61. The lowest BCUT2D eigenvalue weighted by Crippen LogP contribution is -2.25. The third-order valence-corrected chi connectivity index (χ3v) is 8.96. The maximum atomic E-state index is 10.8. The van der Waals surface area contributed by atoms with Crippen molar-refractivity contribution in [2.75, 3.05) is 67.4 Å². The van der Waals surface area contributed by atoms with Crippen molar-refractivity contribution < 1.29 is 33.5 Å². The van der Waals surface area contributed by atoms with Crippen molar-refractivity contribution in [1.82, 2.24) is 0 Å². The number of anilines is 5. The van der Waals surface area contributed by atoms with E-state index in [1.165, 1.54) is 144 Å². The van der Waals surface area contributed by atoms with Gasteiger partial charge in [-0.1, -0.05) is 111 Å². The fourth-order valence-corrected chi connectivity index (χ4v) is 5.61. The van der Waals surface area contributed by atoms with Crippen LogP contribution in [-0.2, 0) is 19.1 Å². The Balaban J connectivity index is 0. The third-order valence-electron chi connectivity index (χ3n) is 8.96. The first-order valence-corrected chi connectivity index (χ1v) is 22.4. The van der Waals surface area contributed by atoms with E-state index in [1.54, 1.807) is 6.08 Å². The molecule has 14 nitrogen and oxygen atoms in total. The molecule has 0 heterocycles. The molecule has 0 unspecified atom stereocenters. The molecule has 354 valence electrons. The Bertz CT molecular complexity index is 1660. The highest BCUT2D eigenvalue weighted by molar-refractivity contribution is 5.81. The van der Waals surface area contributed by atoms with Crippen molar-refractivity contribution in [3.63, 3.8) is 0 Å². The Labute approximate surface area is 378 Å². The standard InChI is InChI=1S/C24H44N2.C14H18N2O6.C6H6N2O2.C3H6.C2H6/c1-4-6-8-10-12-14-16-20-26(19-15-13-11-9-7-5-2)23-17-18-24(25)22(3)21-23;1-2-14(18)22-6-5-21-13-8-10(15)12(7-11(13)16)20-4-3-19-9-17;7-5-1-3-6(4-2-5)8(9)10;1-3-2;1-2/h17-18,21H,4-16,19-20,25H2,1-3H3;2,7-9H,1,3-6,15-16H2;1-4H,7H2;3H,1H2,2H3;1-2H3. The van der Waals surface area contributed by atoms with Gasteiger partial charge in [0.25, 0.3) is 12.2 Å². The number of benzene rings is 3. The number of nitro groups is 1. The van der Waals surface area contributed by atoms with Gasteiger partial charge in [-0.05, 0) is 62.6 Å². The minimum absolute atomic E-state index is 0.0610. The van der Waals surface area contributed by atoms with E-state index in [0.29, 0.717) is 35.0 Å². The number of esters is 1. The molecular weight excluding hydrogens is 801 g/mol. The molecule has 0 spiro atoms. The first kappa shape index (κ1) is 59.2. The van der Waals surface area contributed by atoms with Crippen molar-refractivity contribution in [2.24, 2.45) is 0 Å². The molecule has 0 fully saturated rings. The zero-order chi connectivity index (χ0) is 47.7. The molecule has 0 bridgehead atoms. The molecule has 3 aromatic carbocycles. The average molecular weight is 881 g/mol. The van der Waals surface area contributed by atoms with E-state index in [1.807, 2.05) is 20.8 Å². The lowest BCUT2D eigenvalue weighted by molar-refractivity contribution is -0.384. The van der Waals surface area contributed by atoms with Gasteiger partial charge in [-0.15, -0.1) is 6.58 Å². The van der Waals surface area contributed by atoms with Gasteiger partial charge >= 0.3 is 5.97 Å².